The summed E-state index contributed by atoms with van der Waals surface area (Å²) in [5.41, 5.74) is 3.54. The lowest BCUT2D eigenvalue weighted by Gasteiger charge is -2.33. The molecular formula is C24H26N4OS. The molecule has 0 bridgehead atoms. The van der Waals surface area contributed by atoms with Gasteiger partial charge < -0.3 is 0 Å². The molecule has 30 heavy (non-hydrogen) atoms. The Morgan fingerprint density at radius 2 is 2.03 bits per heavy atom. The van der Waals surface area contributed by atoms with Crippen LogP contribution in [0.3, 0.4) is 0 Å². The van der Waals surface area contributed by atoms with Crippen molar-refractivity contribution in [1.29, 1.82) is 5.26 Å². The van der Waals surface area contributed by atoms with Gasteiger partial charge in [-0.05, 0) is 55.2 Å². The molecule has 0 radical (unpaired) electrons. The average molecular weight is 419 g/mol. The number of nitrogens with zero attached hydrogens (tertiary/aromatic N) is 4. The number of hydrogen-bond acceptors (Lipinski definition) is 5. The largest absolute Gasteiger partial charge is 0.271 e. The predicted octanol–water partition coefficient (Wildman–Crippen LogP) is 5.51. The molecule has 0 fully saturated rings. The summed E-state index contributed by atoms with van der Waals surface area (Å²) in [6, 6.07) is 11.8. The quantitative estimate of drug-likeness (QED) is 0.617. The first-order valence-corrected chi connectivity index (χ1v) is 11.1. The second kappa shape index (κ2) is 7.81. The Hall–Kier alpha value is -2.78. The molecule has 1 aliphatic carbocycles. The summed E-state index contributed by atoms with van der Waals surface area (Å²) in [5.74, 6) is -0.00878. The first kappa shape index (κ1) is 20.5. The van der Waals surface area contributed by atoms with Gasteiger partial charge in [-0.25, -0.2) is 4.99 Å². The van der Waals surface area contributed by atoms with Crippen LogP contribution in [-0.4, -0.2) is 17.8 Å². The van der Waals surface area contributed by atoms with Crippen molar-refractivity contribution in [3.05, 3.63) is 46.3 Å². The number of thiophene rings is 1. The standard InChI is InChI=1S/C24H26N4OS/c1-15-20(23(29)28(27-15)17-8-6-5-7-9-17)14-26-22-19(13-25)18-11-10-16(24(2,3)4)12-21(18)30-22/h5-9,14,16,20H,10-12H2,1-4H3/t16-,20+/m0/s1. The topological polar surface area (TPSA) is 68.8 Å². The van der Waals surface area contributed by atoms with Crippen LogP contribution in [-0.2, 0) is 17.6 Å². The zero-order valence-corrected chi connectivity index (χ0v) is 18.7. The SMILES string of the molecule is CC1=NN(c2ccccc2)C(=O)[C@@H]1C=Nc1sc2c(c1C#N)CC[C@H](C(C)(C)C)C2. The number of aliphatic imine (C=N–C) groups is 1. The third-order valence-corrected chi connectivity index (χ3v) is 7.27. The van der Waals surface area contributed by atoms with E-state index in [0.717, 1.165) is 35.5 Å². The van der Waals surface area contributed by atoms with E-state index in [1.807, 2.05) is 37.3 Å². The van der Waals surface area contributed by atoms with Crippen LogP contribution >= 0.6 is 11.3 Å². The zero-order chi connectivity index (χ0) is 21.5. The van der Waals surface area contributed by atoms with Gasteiger partial charge in [0.1, 0.15) is 17.0 Å². The van der Waals surface area contributed by atoms with E-state index in [4.69, 9.17) is 0 Å². The van der Waals surface area contributed by atoms with Crippen molar-refractivity contribution in [2.45, 2.75) is 47.0 Å². The van der Waals surface area contributed by atoms with E-state index in [0.29, 0.717) is 17.2 Å². The number of para-hydroxylation sites is 1. The van der Waals surface area contributed by atoms with Crippen molar-refractivity contribution in [1.82, 2.24) is 0 Å². The first-order chi connectivity index (χ1) is 14.3. The Labute approximate surface area is 181 Å². The lowest BCUT2D eigenvalue weighted by molar-refractivity contribution is -0.118. The molecule has 1 amide bonds. The van der Waals surface area contributed by atoms with Crippen LogP contribution in [0.1, 0.15) is 50.1 Å². The number of anilines is 1. The Balaban J connectivity index is 1.58. The summed E-state index contributed by atoms with van der Waals surface area (Å²) in [4.78, 5) is 18.8. The van der Waals surface area contributed by atoms with Gasteiger partial charge in [0, 0.05) is 11.1 Å². The van der Waals surface area contributed by atoms with Gasteiger partial charge >= 0.3 is 0 Å². The monoisotopic (exact) mass is 418 g/mol. The predicted molar refractivity (Wildman–Crippen MR) is 123 cm³/mol. The van der Waals surface area contributed by atoms with Crippen molar-refractivity contribution in [2.24, 2.45) is 27.3 Å². The van der Waals surface area contributed by atoms with E-state index in [1.54, 1.807) is 17.6 Å². The maximum Gasteiger partial charge on any atom is 0.261 e. The molecule has 1 aromatic heterocycles. The molecule has 2 aliphatic rings. The molecule has 1 aromatic carbocycles. The minimum absolute atomic E-state index is 0.116. The molecule has 0 unspecified atom stereocenters. The van der Waals surface area contributed by atoms with Gasteiger partial charge in [-0.15, -0.1) is 11.3 Å². The van der Waals surface area contributed by atoms with Crippen molar-refractivity contribution in [3.63, 3.8) is 0 Å². The Kier molecular flexibility index (Phi) is 5.33. The summed E-state index contributed by atoms with van der Waals surface area (Å²) in [7, 11) is 0. The number of fused-ring (bicyclic) bond motifs is 1. The zero-order valence-electron chi connectivity index (χ0n) is 17.8. The lowest BCUT2D eigenvalue weighted by Crippen LogP contribution is -2.27. The number of rotatable bonds is 3. The molecule has 6 heteroatoms. The fourth-order valence-electron chi connectivity index (χ4n) is 4.16. The number of carbonyl (C=O) groups is 1. The minimum Gasteiger partial charge on any atom is -0.271 e. The van der Waals surface area contributed by atoms with Crippen molar-refractivity contribution < 1.29 is 4.79 Å². The van der Waals surface area contributed by atoms with Gasteiger partial charge in [0.15, 0.2) is 0 Å². The molecule has 2 atom stereocenters. The summed E-state index contributed by atoms with van der Waals surface area (Å²) < 4.78 is 0. The van der Waals surface area contributed by atoms with Gasteiger partial charge in [-0.2, -0.15) is 15.4 Å². The molecule has 0 spiro atoms. The second-order valence-electron chi connectivity index (χ2n) is 9.08. The molecule has 0 N–H and O–H groups in total. The fraction of sp³-hybridized carbons (Fsp3) is 0.417. The van der Waals surface area contributed by atoms with Crippen molar-refractivity contribution >= 4 is 39.9 Å². The van der Waals surface area contributed by atoms with Crippen molar-refractivity contribution in [3.8, 4) is 6.07 Å². The van der Waals surface area contributed by atoms with Crippen molar-refractivity contribution in [2.75, 3.05) is 5.01 Å². The van der Waals surface area contributed by atoms with Crippen LogP contribution in [0.15, 0.2) is 40.4 Å². The summed E-state index contributed by atoms with van der Waals surface area (Å²) in [5, 5.41) is 16.3. The Morgan fingerprint density at radius 3 is 2.70 bits per heavy atom. The number of amides is 1. The third kappa shape index (κ3) is 3.70. The first-order valence-electron chi connectivity index (χ1n) is 10.3. The van der Waals surface area contributed by atoms with E-state index in [2.05, 4.69) is 36.9 Å². The molecule has 0 saturated carbocycles. The molecular weight excluding hydrogens is 392 g/mol. The molecule has 5 nitrogen and oxygen atoms in total. The van der Waals surface area contributed by atoms with Gasteiger partial charge in [-0.1, -0.05) is 39.0 Å². The van der Waals surface area contributed by atoms with Gasteiger partial charge in [0.2, 0.25) is 0 Å². The maximum atomic E-state index is 12.9. The second-order valence-corrected chi connectivity index (χ2v) is 10.2. The molecule has 154 valence electrons. The molecule has 2 heterocycles. The highest BCUT2D eigenvalue weighted by atomic mass is 32.1. The van der Waals surface area contributed by atoms with Gasteiger partial charge in [0.25, 0.3) is 5.91 Å². The van der Waals surface area contributed by atoms with Crippen LogP contribution in [0.2, 0.25) is 0 Å². The van der Waals surface area contributed by atoms with E-state index < -0.39 is 5.92 Å². The summed E-state index contributed by atoms with van der Waals surface area (Å²) >= 11 is 1.60. The molecule has 4 rings (SSSR count). The summed E-state index contributed by atoms with van der Waals surface area (Å²) in [6.45, 7) is 8.70. The number of benzene rings is 1. The number of nitriles is 1. The van der Waals surface area contributed by atoms with E-state index in [9.17, 15) is 10.1 Å². The van der Waals surface area contributed by atoms with E-state index in [-0.39, 0.29) is 11.3 Å². The smallest absolute Gasteiger partial charge is 0.261 e. The van der Waals surface area contributed by atoms with Crippen LogP contribution in [0.25, 0.3) is 0 Å². The molecule has 0 saturated heterocycles. The highest BCUT2D eigenvalue weighted by molar-refractivity contribution is 7.16. The maximum absolute atomic E-state index is 12.9. The average Bonchev–Trinajstić information content (AvgIpc) is 3.22. The number of carbonyl (C=O) groups excluding carboxylic acids is 1. The normalized spacial score (nSPS) is 21.6. The van der Waals surface area contributed by atoms with Gasteiger partial charge in [-0.3, -0.25) is 4.79 Å². The van der Waals surface area contributed by atoms with Crippen LogP contribution in [0.5, 0.6) is 0 Å². The van der Waals surface area contributed by atoms with Gasteiger partial charge in [0.05, 0.1) is 17.0 Å². The molecule has 2 aromatic rings. The molecule has 1 aliphatic heterocycles. The summed E-state index contributed by atoms with van der Waals surface area (Å²) in [6.07, 6.45) is 4.68. The lowest BCUT2D eigenvalue weighted by atomic mass is 9.72. The highest BCUT2D eigenvalue weighted by Crippen LogP contribution is 2.45. The van der Waals surface area contributed by atoms with Crippen LogP contribution in [0.4, 0.5) is 10.7 Å². The van der Waals surface area contributed by atoms with Crippen LogP contribution < -0.4 is 5.01 Å². The van der Waals surface area contributed by atoms with E-state index in [1.165, 1.54) is 9.89 Å². The van der Waals surface area contributed by atoms with Crippen LogP contribution in [0, 0.1) is 28.6 Å². The fourth-order valence-corrected chi connectivity index (χ4v) is 5.39. The number of hydrazone groups is 1. The van der Waals surface area contributed by atoms with E-state index >= 15 is 0 Å². The number of hydrogen-bond donors (Lipinski definition) is 0. The minimum atomic E-state index is -0.502. The highest BCUT2D eigenvalue weighted by Gasteiger charge is 2.34. The Morgan fingerprint density at radius 1 is 1.30 bits per heavy atom. The third-order valence-electron chi connectivity index (χ3n) is 6.11. The Bertz CT molecular complexity index is 1070.